The zero-order valence-electron chi connectivity index (χ0n) is 23.4. The van der Waals surface area contributed by atoms with Gasteiger partial charge in [0.2, 0.25) is 5.95 Å². The highest BCUT2D eigenvalue weighted by molar-refractivity contribution is 7.90. The van der Waals surface area contributed by atoms with Crippen LogP contribution < -0.4 is 4.90 Å². The first-order valence-electron chi connectivity index (χ1n) is 12.9. The second-order valence-corrected chi connectivity index (χ2v) is 12.7. The number of ether oxygens (including phenoxy) is 1. The van der Waals surface area contributed by atoms with Crippen LogP contribution >= 0.6 is 11.6 Å². The minimum absolute atomic E-state index is 0.0146. The summed E-state index contributed by atoms with van der Waals surface area (Å²) in [6.07, 6.45) is 1.06. The molecule has 1 atom stereocenters. The van der Waals surface area contributed by atoms with Crippen molar-refractivity contribution in [1.29, 1.82) is 0 Å². The van der Waals surface area contributed by atoms with E-state index in [0.717, 1.165) is 21.4 Å². The molecule has 43 heavy (non-hydrogen) atoms. The lowest BCUT2D eigenvalue weighted by Gasteiger charge is -2.27. The molecule has 1 unspecified atom stereocenters. The summed E-state index contributed by atoms with van der Waals surface area (Å²) in [6.45, 7) is 6.84. The number of aromatic nitrogens is 5. The fourth-order valence-corrected chi connectivity index (χ4v) is 5.87. The predicted octanol–water partition coefficient (Wildman–Crippen LogP) is 5.71. The summed E-state index contributed by atoms with van der Waals surface area (Å²) in [5, 5.41) is 11.2. The van der Waals surface area contributed by atoms with E-state index in [-0.39, 0.29) is 43.7 Å². The zero-order chi connectivity index (χ0) is 31.1. The molecule has 0 saturated heterocycles. The molecule has 0 spiro atoms. The standard InChI is InChI=1S/C29H26ClFN6O5S/c1-17-10-11-18(14-32-17)37(28(39)42-29(2,3)4)22-13-12-20(26(31)35-22)24(38)21-15-36(27-23(21)25(30)33-16-34-27)43(40,41)19-8-6-5-7-9-19/h5-16,24,38H,1-4H3. The number of nitrogens with zero attached hydrogens (tertiary/aromatic N) is 6. The number of aliphatic hydroxyl groups excluding tert-OH is 1. The Morgan fingerprint density at radius 1 is 1.05 bits per heavy atom. The van der Waals surface area contributed by atoms with Crippen molar-refractivity contribution in [1.82, 2.24) is 23.9 Å². The molecule has 5 rings (SSSR count). The number of aryl methyl sites for hydroxylation is 1. The summed E-state index contributed by atoms with van der Waals surface area (Å²) >= 11 is 6.33. The number of anilines is 2. The van der Waals surface area contributed by atoms with Crippen LogP contribution in [-0.4, -0.2) is 49.1 Å². The molecule has 14 heteroatoms. The lowest BCUT2D eigenvalue weighted by atomic mass is 10.0. The highest BCUT2D eigenvalue weighted by Gasteiger charge is 2.31. The van der Waals surface area contributed by atoms with Gasteiger partial charge in [-0.3, -0.25) is 4.98 Å². The van der Waals surface area contributed by atoms with Gasteiger partial charge in [-0.05, 0) is 64.1 Å². The molecule has 5 aromatic rings. The Balaban J connectivity index is 1.60. The van der Waals surface area contributed by atoms with Crippen molar-refractivity contribution in [3.05, 3.63) is 101 Å². The van der Waals surface area contributed by atoms with Crippen molar-refractivity contribution in [3.63, 3.8) is 0 Å². The zero-order valence-corrected chi connectivity index (χ0v) is 25.0. The molecule has 4 heterocycles. The Kier molecular flexibility index (Phi) is 7.90. The van der Waals surface area contributed by atoms with Gasteiger partial charge in [-0.25, -0.2) is 37.0 Å². The van der Waals surface area contributed by atoms with E-state index in [9.17, 15) is 18.3 Å². The molecule has 0 saturated carbocycles. The molecule has 0 aliphatic carbocycles. The van der Waals surface area contributed by atoms with E-state index in [1.807, 2.05) is 0 Å². The number of pyridine rings is 2. The second-order valence-electron chi connectivity index (χ2n) is 10.5. The van der Waals surface area contributed by atoms with E-state index in [0.29, 0.717) is 5.69 Å². The fourth-order valence-electron chi connectivity index (χ4n) is 4.28. The van der Waals surface area contributed by atoms with E-state index in [1.165, 1.54) is 30.5 Å². The number of carbonyl (C=O) groups excluding carboxylic acids is 1. The number of halogens is 2. The fraction of sp³-hybridized carbons (Fsp3) is 0.207. The average Bonchev–Trinajstić information content (AvgIpc) is 3.35. The van der Waals surface area contributed by atoms with Gasteiger partial charge in [0.15, 0.2) is 5.65 Å². The molecule has 1 amide bonds. The molecular formula is C29H26ClFN6O5S. The number of benzene rings is 1. The highest BCUT2D eigenvalue weighted by Crippen LogP contribution is 2.36. The molecule has 0 aliphatic heterocycles. The second kappa shape index (κ2) is 11.3. The number of amides is 1. The van der Waals surface area contributed by atoms with E-state index in [4.69, 9.17) is 16.3 Å². The first-order chi connectivity index (χ1) is 20.3. The summed E-state index contributed by atoms with van der Waals surface area (Å²) in [5.74, 6) is -1.26. The van der Waals surface area contributed by atoms with E-state index in [2.05, 4.69) is 19.9 Å². The van der Waals surface area contributed by atoms with Gasteiger partial charge in [0.1, 0.15) is 29.0 Å². The number of hydrogen-bond donors (Lipinski definition) is 1. The van der Waals surface area contributed by atoms with Gasteiger partial charge >= 0.3 is 6.09 Å². The lowest BCUT2D eigenvalue weighted by Crippen LogP contribution is -2.34. The summed E-state index contributed by atoms with van der Waals surface area (Å²) < 4.78 is 49.0. The maximum atomic E-state index is 15.7. The molecule has 4 aromatic heterocycles. The number of hydrogen-bond acceptors (Lipinski definition) is 9. The van der Waals surface area contributed by atoms with Crippen LogP contribution in [0.3, 0.4) is 0 Å². The van der Waals surface area contributed by atoms with Crippen molar-refractivity contribution in [3.8, 4) is 0 Å². The minimum atomic E-state index is -4.18. The van der Waals surface area contributed by atoms with Gasteiger partial charge < -0.3 is 9.84 Å². The van der Waals surface area contributed by atoms with Crippen molar-refractivity contribution in [2.45, 2.75) is 44.3 Å². The molecular weight excluding hydrogens is 599 g/mol. The molecule has 11 nitrogen and oxygen atoms in total. The Bertz CT molecular complexity index is 1930. The topological polar surface area (TPSA) is 140 Å². The number of rotatable bonds is 6. The van der Waals surface area contributed by atoms with Crippen LogP contribution in [0, 0.1) is 12.9 Å². The maximum absolute atomic E-state index is 15.7. The quantitative estimate of drug-likeness (QED) is 0.186. The van der Waals surface area contributed by atoms with Crippen LogP contribution in [0.1, 0.15) is 43.7 Å². The van der Waals surface area contributed by atoms with Crippen LogP contribution in [0.4, 0.5) is 20.7 Å². The third-order valence-corrected chi connectivity index (χ3v) is 8.20. The first kappa shape index (κ1) is 30.0. The molecule has 1 N–H and O–H groups in total. The number of carbonyl (C=O) groups is 1. The molecule has 222 valence electrons. The van der Waals surface area contributed by atoms with E-state index in [1.54, 1.807) is 58.0 Å². The average molecular weight is 625 g/mol. The van der Waals surface area contributed by atoms with Crippen LogP contribution in [0.5, 0.6) is 0 Å². The van der Waals surface area contributed by atoms with Gasteiger partial charge in [0.25, 0.3) is 10.0 Å². The number of aliphatic hydroxyl groups is 1. The van der Waals surface area contributed by atoms with Gasteiger partial charge in [-0.2, -0.15) is 4.39 Å². The number of fused-ring (bicyclic) bond motifs is 1. The smallest absolute Gasteiger partial charge is 0.420 e. The monoisotopic (exact) mass is 624 g/mol. The van der Waals surface area contributed by atoms with Gasteiger partial charge in [-0.15, -0.1) is 0 Å². The van der Waals surface area contributed by atoms with E-state index < -0.39 is 33.8 Å². The van der Waals surface area contributed by atoms with Gasteiger partial charge in [0.05, 0.1) is 22.2 Å². The Hall–Kier alpha value is -4.46. The summed E-state index contributed by atoms with van der Waals surface area (Å²) in [5.41, 5.74) is -0.380. The molecule has 0 aliphatic rings. The summed E-state index contributed by atoms with van der Waals surface area (Å²) in [7, 11) is -4.18. The predicted molar refractivity (Wildman–Crippen MR) is 157 cm³/mol. The van der Waals surface area contributed by atoms with Crippen molar-refractivity contribution < 1.29 is 27.4 Å². The lowest BCUT2D eigenvalue weighted by molar-refractivity contribution is 0.0598. The Morgan fingerprint density at radius 2 is 1.77 bits per heavy atom. The molecule has 0 fully saturated rings. The molecule has 1 aromatic carbocycles. The summed E-state index contributed by atoms with van der Waals surface area (Å²) in [4.78, 5) is 30.4. The van der Waals surface area contributed by atoms with Gasteiger partial charge in [-0.1, -0.05) is 29.8 Å². The Labute approximate surface area is 251 Å². The van der Waals surface area contributed by atoms with Crippen LogP contribution in [0.15, 0.2) is 78.2 Å². The largest absolute Gasteiger partial charge is 0.443 e. The Morgan fingerprint density at radius 3 is 2.40 bits per heavy atom. The molecule has 0 radical (unpaired) electrons. The highest BCUT2D eigenvalue weighted by atomic mass is 35.5. The minimum Gasteiger partial charge on any atom is -0.443 e. The van der Waals surface area contributed by atoms with Crippen molar-refractivity contribution in [2.75, 3.05) is 4.90 Å². The van der Waals surface area contributed by atoms with Crippen LogP contribution in [0.25, 0.3) is 11.0 Å². The summed E-state index contributed by atoms with van der Waals surface area (Å²) in [6, 6.07) is 13.4. The van der Waals surface area contributed by atoms with Crippen LogP contribution in [0.2, 0.25) is 5.15 Å². The van der Waals surface area contributed by atoms with Gasteiger partial charge in [0, 0.05) is 23.0 Å². The maximum Gasteiger partial charge on any atom is 0.420 e. The van der Waals surface area contributed by atoms with E-state index >= 15 is 4.39 Å². The third-order valence-electron chi connectivity index (χ3n) is 6.25. The van der Waals surface area contributed by atoms with Crippen molar-refractivity contribution in [2.24, 2.45) is 0 Å². The molecule has 0 bridgehead atoms. The first-order valence-corrected chi connectivity index (χ1v) is 14.7. The third kappa shape index (κ3) is 5.91. The van der Waals surface area contributed by atoms with Crippen LogP contribution in [-0.2, 0) is 14.8 Å². The van der Waals surface area contributed by atoms with Crippen molar-refractivity contribution >= 4 is 50.3 Å². The SMILES string of the molecule is Cc1ccc(N(C(=O)OC(C)(C)C)c2ccc(C(O)c3cn(S(=O)(=O)c4ccccc4)c4ncnc(Cl)c34)c(F)n2)cn1. The normalized spacial score (nSPS) is 12.7.